The van der Waals surface area contributed by atoms with Crippen LogP contribution in [0.25, 0.3) is 10.8 Å². The van der Waals surface area contributed by atoms with Gasteiger partial charge >= 0.3 is 6.03 Å². The number of fused-ring (bicyclic) bond motifs is 1. The van der Waals surface area contributed by atoms with Crippen molar-refractivity contribution in [3.05, 3.63) is 42.5 Å². The van der Waals surface area contributed by atoms with Crippen molar-refractivity contribution in [1.82, 2.24) is 19.0 Å². The van der Waals surface area contributed by atoms with Crippen LogP contribution >= 0.6 is 0 Å². The third kappa shape index (κ3) is 4.33. The van der Waals surface area contributed by atoms with Gasteiger partial charge in [-0.25, -0.2) is 13.2 Å². The second-order valence-corrected chi connectivity index (χ2v) is 10.0. The minimum absolute atomic E-state index is 0.0699. The fraction of sp³-hybridized carbons (Fsp3) is 0.409. The molecule has 4 amide bonds. The summed E-state index contributed by atoms with van der Waals surface area (Å²) in [6.45, 7) is 1.37. The average Bonchev–Trinajstić information content (AvgIpc) is 3.04. The molecule has 2 fully saturated rings. The van der Waals surface area contributed by atoms with Gasteiger partial charge in [0.15, 0.2) is 0 Å². The molecule has 0 N–H and O–H groups in total. The number of urea groups is 1. The van der Waals surface area contributed by atoms with Gasteiger partial charge in [-0.05, 0) is 29.3 Å². The van der Waals surface area contributed by atoms with Crippen LogP contribution in [0.2, 0.25) is 0 Å². The number of carbonyl (C=O) groups excluding carboxylic acids is 3. The zero-order valence-corrected chi connectivity index (χ0v) is 18.8. The van der Waals surface area contributed by atoms with Gasteiger partial charge in [0.25, 0.3) is 0 Å². The summed E-state index contributed by atoms with van der Waals surface area (Å²) >= 11 is 0. The number of carbonyl (C=O) groups is 3. The van der Waals surface area contributed by atoms with Gasteiger partial charge in [-0.15, -0.1) is 0 Å². The summed E-state index contributed by atoms with van der Waals surface area (Å²) in [4.78, 5) is 40.6. The predicted octanol–water partition coefficient (Wildman–Crippen LogP) is 1.35. The Balaban J connectivity index is 1.30. The van der Waals surface area contributed by atoms with Crippen molar-refractivity contribution >= 4 is 38.6 Å². The molecule has 2 aliphatic heterocycles. The van der Waals surface area contributed by atoms with Gasteiger partial charge in [-0.2, -0.15) is 4.31 Å². The molecule has 2 aromatic carbocycles. The second-order valence-electron chi connectivity index (χ2n) is 8.08. The highest BCUT2D eigenvalue weighted by atomic mass is 32.2. The number of rotatable bonds is 6. The SMILES string of the molecule is CN1CC(=O)N(CCCC(=O)N2CCN(S(=O)(=O)c3ccc4ccccc4c3)CC2)C1=O. The summed E-state index contributed by atoms with van der Waals surface area (Å²) in [7, 11) is -2.07. The van der Waals surface area contributed by atoms with E-state index in [0.29, 0.717) is 19.5 Å². The van der Waals surface area contributed by atoms with E-state index in [2.05, 4.69) is 0 Å². The first-order valence-corrected chi connectivity index (χ1v) is 12.0. The Morgan fingerprint density at radius 1 is 0.969 bits per heavy atom. The summed E-state index contributed by atoms with van der Waals surface area (Å²) in [5, 5.41) is 1.84. The van der Waals surface area contributed by atoms with Gasteiger partial charge in [0.1, 0.15) is 6.54 Å². The van der Waals surface area contributed by atoms with Gasteiger partial charge in [-0.1, -0.05) is 30.3 Å². The lowest BCUT2D eigenvalue weighted by Crippen LogP contribution is -2.50. The van der Waals surface area contributed by atoms with Crippen LogP contribution in [0.5, 0.6) is 0 Å². The van der Waals surface area contributed by atoms with Crippen LogP contribution in [0.4, 0.5) is 4.79 Å². The summed E-state index contributed by atoms with van der Waals surface area (Å²) < 4.78 is 27.5. The lowest BCUT2D eigenvalue weighted by Gasteiger charge is -2.34. The van der Waals surface area contributed by atoms with Crippen molar-refractivity contribution in [3.8, 4) is 0 Å². The maximum atomic E-state index is 13.1. The lowest BCUT2D eigenvalue weighted by atomic mass is 10.1. The van der Waals surface area contributed by atoms with Crippen LogP contribution in [-0.4, -0.2) is 91.6 Å². The van der Waals surface area contributed by atoms with Crippen LogP contribution in [0.1, 0.15) is 12.8 Å². The van der Waals surface area contributed by atoms with Crippen molar-refractivity contribution in [1.29, 1.82) is 0 Å². The summed E-state index contributed by atoms with van der Waals surface area (Å²) in [6, 6.07) is 12.4. The van der Waals surface area contributed by atoms with E-state index in [0.717, 1.165) is 10.8 Å². The first kappa shape index (κ1) is 22.2. The fourth-order valence-corrected chi connectivity index (χ4v) is 5.55. The van der Waals surface area contributed by atoms with E-state index in [1.54, 1.807) is 30.1 Å². The van der Waals surface area contributed by atoms with Gasteiger partial charge in [0, 0.05) is 46.2 Å². The summed E-state index contributed by atoms with van der Waals surface area (Å²) in [5.41, 5.74) is 0. The normalized spacial score (nSPS) is 18.1. The van der Waals surface area contributed by atoms with Crippen molar-refractivity contribution in [2.75, 3.05) is 46.3 Å². The van der Waals surface area contributed by atoms with Crippen molar-refractivity contribution in [2.24, 2.45) is 0 Å². The first-order valence-electron chi connectivity index (χ1n) is 10.6. The highest BCUT2D eigenvalue weighted by Gasteiger charge is 2.33. The molecule has 170 valence electrons. The maximum Gasteiger partial charge on any atom is 0.326 e. The standard InChI is InChI=1S/C22H26N4O5S/c1-23-16-21(28)26(22(23)29)10-4-7-20(27)24-11-13-25(14-12-24)32(30,31)19-9-8-17-5-2-3-6-18(17)15-19/h2-3,5-6,8-9,15H,4,7,10-14,16H2,1H3. The van der Waals surface area contributed by atoms with E-state index in [9.17, 15) is 22.8 Å². The van der Waals surface area contributed by atoms with Crippen LogP contribution in [0, 0.1) is 0 Å². The first-order chi connectivity index (χ1) is 15.3. The molecule has 0 atom stereocenters. The lowest BCUT2D eigenvalue weighted by molar-refractivity contribution is -0.133. The minimum atomic E-state index is -3.64. The van der Waals surface area contributed by atoms with E-state index in [4.69, 9.17) is 0 Å². The molecule has 0 radical (unpaired) electrons. The molecule has 2 aliphatic rings. The molecule has 10 heteroatoms. The Morgan fingerprint density at radius 3 is 2.31 bits per heavy atom. The van der Waals surface area contributed by atoms with E-state index in [1.165, 1.54) is 14.1 Å². The number of benzene rings is 2. The predicted molar refractivity (Wildman–Crippen MR) is 118 cm³/mol. The molecule has 2 aromatic rings. The van der Waals surface area contributed by atoms with Gasteiger partial charge < -0.3 is 9.80 Å². The molecule has 0 aromatic heterocycles. The van der Waals surface area contributed by atoms with Crippen LogP contribution in [-0.2, 0) is 19.6 Å². The second kappa shape index (κ2) is 8.87. The van der Waals surface area contributed by atoms with Gasteiger partial charge in [0.2, 0.25) is 21.8 Å². The number of imide groups is 1. The third-order valence-corrected chi connectivity index (χ3v) is 7.85. The maximum absolute atomic E-state index is 13.1. The number of nitrogens with zero attached hydrogens (tertiary/aromatic N) is 4. The van der Waals surface area contributed by atoms with Gasteiger partial charge in [-0.3, -0.25) is 14.5 Å². The molecule has 0 bridgehead atoms. The van der Waals surface area contributed by atoms with E-state index < -0.39 is 10.0 Å². The minimum Gasteiger partial charge on any atom is -0.340 e. The number of amides is 4. The third-order valence-electron chi connectivity index (χ3n) is 5.95. The topological polar surface area (TPSA) is 98.3 Å². The molecule has 2 heterocycles. The monoisotopic (exact) mass is 458 g/mol. The summed E-state index contributed by atoms with van der Waals surface area (Å²) in [6.07, 6.45) is 0.595. The molecule has 0 unspecified atom stereocenters. The molecule has 0 saturated carbocycles. The zero-order valence-electron chi connectivity index (χ0n) is 17.9. The molecule has 4 rings (SSSR count). The number of likely N-dealkylation sites (N-methyl/N-ethyl adjacent to an activating group) is 1. The highest BCUT2D eigenvalue weighted by Crippen LogP contribution is 2.23. The Hall–Kier alpha value is -2.98. The van der Waals surface area contributed by atoms with Crippen molar-refractivity contribution in [3.63, 3.8) is 0 Å². The van der Waals surface area contributed by atoms with Crippen molar-refractivity contribution in [2.45, 2.75) is 17.7 Å². The largest absolute Gasteiger partial charge is 0.340 e. The van der Waals surface area contributed by atoms with Gasteiger partial charge in [0.05, 0.1) is 4.90 Å². The molecule has 0 spiro atoms. The highest BCUT2D eigenvalue weighted by molar-refractivity contribution is 7.89. The molecular weight excluding hydrogens is 432 g/mol. The van der Waals surface area contributed by atoms with Crippen molar-refractivity contribution < 1.29 is 22.8 Å². The average molecular weight is 459 g/mol. The molecule has 0 aliphatic carbocycles. The Labute approximate surface area is 187 Å². The Kier molecular flexibility index (Phi) is 6.16. The van der Waals surface area contributed by atoms with Crippen LogP contribution < -0.4 is 0 Å². The molecule has 32 heavy (non-hydrogen) atoms. The van der Waals surface area contributed by atoms with E-state index >= 15 is 0 Å². The number of piperazine rings is 1. The number of hydrogen-bond donors (Lipinski definition) is 0. The Bertz CT molecular complexity index is 1160. The smallest absolute Gasteiger partial charge is 0.326 e. The van der Waals surface area contributed by atoms with E-state index in [1.807, 2.05) is 24.3 Å². The molecule has 2 saturated heterocycles. The quantitative estimate of drug-likeness (QED) is 0.609. The summed E-state index contributed by atoms with van der Waals surface area (Å²) in [5.74, 6) is -0.349. The number of hydrogen-bond acceptors (Lipinski definition) is 5. The number of sulfonamides is 1. The molecule has 9 nitrogen and oxygen atoms in total. The zero-order chi connectivity index (χ0) is 22.9. The fourth-order valence-electron chi connectivity index (χ4n) is 4.09. The van der Waals surface area contributed by atoms with Crippen LogP contribution in [0.3, 0.4) is 0 Å². The van der Waals surface area contributed by atoms with E-state index in [-0.39, 0.29) is 55.3 Å². The van der Waals surface area contributed by atoms with Crippen LogP contribution in [0.15, 0.2) is 47.4 Å². The molecular formula is C22H26N4O5S. The Morgan fingerprint density at radius 2 is 1.66 bits per heavy atom.